The summed E-state index contributed by atoms with van der Waals surface area (Å²) in [6.45, 7) is 3.72. The van der Waals surface area contributed by atoms with Crippen molar-refractivity contribution in [1.82, 2.24) is 9.97 Å². The van der Waals surface area contributed by atoms with E-state index in [1.165, 1.54) is 6.07 Å². The first-order chi connectivity index (χ1) is 8.95. The molecule has 0 fully saturated rings. The third-order valence-electron chi connectivity index (χ3n) is 2.44. The number of aromatic carboxylic acids is 1. The van der Waals surface area contributed by atoms with Crippen LogP contribution in [0.4, 0.5) is 11.6 Å². The van der Waals surface area contributed by atoms with Crippen LogP contribution in [0.5, 0.6) is 0 Å². The molecular weight excluding hydrogens is 346 g/mol. The van der Waals surface area contributed by atoms with Crippen molar-refractivity contribution in [1.29, 1.82) is 0 Å². The van der Waals surface area contributed by atoms with Crippen LogP contribution in [-0.2, 0) is 0 Å². The molecule has 0 amide bonds. The number of hydrogen-bond donors (Lipinski definition) is 2. The van der Waals surface area contributed by atoms with Gasteiger partial charge in [0.2, 0.25) is 5.95 Å². The minimum atomic E-state index is -1.01. The molecule has 106 valence electrons. The normalized spacial score (nSPS) is 9.75. The molecule has 7 heteroatoms. The number of anilines is 2. The van der Waals surface area contributed by atoms with Crippen LogP contribution < -0.4 is 17.7 Å². The molecule has 5 nitrogen and oxygen atoms in total. The highest BCUT2D eigenvalue weighted by Crippen LogP contribution is 2.23. The topological polar surface area (TPSA) is 75.1 Å². The van der Waals surface area contributed by atoms with E-state index in [4.69, 9.17) is 0 Å². The fourth-order valence-electron chi connectivity index (χ4n) is 1.70. The molecule has 2 aromatic rings. The minimum Gasteiger partial charge on any atom is -1.00 e. The van der Waals surface area contributed by atoms with Gasteiger partial charge >= 0.3 is 5.97 Å². The van der Waals surface area contributed by atoms with Crippen LogP contribution in [0.3, 0.4) is 0 Å². The predicted octanol–water partition coefficient (Wildman–Crippen LogP) is 0.302. The van der Waals surface area contributed by atoms with Gasteiger partial charge in [-0.15, -0.1) is 0 Å². The number of carboxylic acid groups (broad SMARTS) is 1. The maximum Gasteiger partial charge on any atom is 0.337 e. The van der Waals surface area contributed by atoms with Crippen molar-refractivity contribution in [2.24, 2.45) is 0 Å². The third-order valence-corrected chi connectivity index (χ3v) is 2.93. The number of hydrogen-bond acceptors (Lipinski definition) is 4. The molecule has 0 aliphatic carbocycles. The molecule has 0 atom stereocenters. The molecule has 20 heavy (non-hydrogen) atoms. The first kappa shape index (κ1) is 16.4. The summed E-state index contributed by atoms with van der Waals surface area (Å²) < 4.78 is 0.705. The number of nitrogens with zero attached hydrogens (tertiary/aromatic N) is 2. The summed E-state index contributed by atoms with van der Waals surface area (Å²) in [5.41, 5.74) is 2.27. The van der Waals surface area contributed by atoms with E-state index >= 15 is 0 Å². The van der Waals surface area contributed by atoms with Crippen LogP contribution in [0.15, 0.2) is 28.7 Å². The van der Waals surface area contributed by atoms with Crippen LogP contribution in [-0.4, -0.2) is 21.0 Å². The Labute approximate surface area is 131 Å². The molecule has 1 heterocycles. The number of carboxylic acids is 1. The van der Waals surface area contributed by atoms with Gasteiger partial charge in [-0.25, -0.2) is 14.8 Å². The van der Waals surface area contributed by atoms with Crippen molar-refractivity contribution in [3.63, 3.8) is 0 Å². The number of aromatic nitrogens is 2. The van der Waals surface area contributed by atoms with E-state index in [0.29, 0.717) is 16.1 Å². The summed E-state index contributed by atoms with van der Waals surface area (Å²) in [4.78, 5) is 19.6. The fourth-order valence-corrected chi connectivity index (χ4v) is 2.07. The Balaban J connectivity index is 0.00000200. The van der Waals surface area contributed by atoms with Crippen LogP contribution in [0.2, 0.25) is 0 Å². The quantitative estimate of drug-likeness (QED) is 0.826. The molecule has 0 radical (unpaired) electrons. The average Bonchev–Trinajstić information content (AvgIpc) is 2.30. The second kappa shape index (κ2) is 6.67. The average molecular weight is 358 g/mol. The number of nitrogens with one attached hydrogen (secondary N) is 1. The Kier molecular flexibility index (Phi) is 5.47. The van der Waals surface area contributed by atoms with Crippen molar-refractivity contribution in [2.75, 3.05) is 5.32 Å². The largest absolute Gasteiger partial charge is 1.00 e. The van der Waals surface area contributed by atoms with Crippen LogP contribution in [0.1, 0.15) is 21.7 Å². The Morgan fingerprint density at radius 2 is 1.80 bits per heavy atom. The fraction of sp³-hybridized carbons (Fsp3) is 0.154. The number of halogens is 2. The van der Waals surface area contributed by atoms with E-state index in [0.717, 1.165) is 11.4 Å². The second-order valence-electron chi connectivity index (χ2n) is 4.09. The van der Waals surface area contributed by atoms with Crippen molar-refractivity contribution in [2.45, 2.75) is 13.8 Å². The number of carbonyl (C=O) groups is 1. The van der Waals surface area contributed by atoms with Crippen molar-refractivity contribution in [3.05, 3.63) is 45.7 Å². The highest BCUT2D eigenvalue weighted by atomic mass is 79.9. The maximum absolute atomic E-state index is 11.2. The van der Waals surface area contributed by atoms with Gasteiger partial charge in [0.1, 0.15) is 0 Å². The lowest BCUT2D eigenvalue weighted by molar-refractivity contribution is -0.0000198. The summed E-state index contributed by atoms with van der Waals surface area (Å²) in [6, 6.07) is 6.82. The molecule has 0 saturated carbocycles. The highest BCUT2D eigenvalue weighted by molar-refractivity contribution is 9.10. The summed E-state index contributed by atoms with van der Waals surface area (Å²) in [5, 5.41) is 12.1. The third kappa shape index (κ3) is 3.91. The standard InChI is InChI=1S/C13H12BrN3O2.ClH/c1-7-5-8(2)16-13(15-7)17-11-4-3-9(14)6-10(11)12(18)19;/h3-6H,1-2H3,(H,18,19)(H,15,16,17);1H/p-1. The zero-order valence-electron chi connectivity index (χ0n) is 10.8. The number of rotatable bonds is 3. The molecule has 0 saturated heterocycles. The molecule has 1 aromatic carbocycles. The predicted molar refractivity (Wildman–Crippen MR) is 75.9 cm³/mol. The van der Waals surface area contributed by atoms with Gasteiger partial charge in [0, 0.05) is 15.9 Å². The van der Waals surface area contributed by atoms with Gasteiger partial charge in [0.15, 0.2) is 0 Å². The lowest BCUT2D eigenvalue weighted by Gasteiger charge is -2.09. The van der Waals surface area contributed by atoms with E-state index in [-0.39, 0.29) is 18.0 Å². The molecule has 0 aliphatic rings. The summed E-state index contributed by atoms with van der Waals surface area (Å²) in [7, 11) is 0. The van der Waals surface area contributed by atoms with Gasteiger partial charge in [-0.3, -0.25) is 0 Å². The molecule has 0 aliphatic heterocycles. The SMILES string of the molecule is Cc1cc(C)nc(Nc2ccc(Br)cc2C(=O)O)n1.[Cl-]. The van der Waals surface area contributed by atoms with Gasteiger partial charge in [0.25, 0.3) is 0 Å². The molecule has 2 rings (SSSR count). The zero-order valence-corrected chi connectivity index (χ0v) is 13.2. The monoisotopic (exact) mass is 356 g/mol. The second-order valence-corrected chi connectivity index (χ2v) is 5.01. The van der Waals surface area contributed by atoms with Crippen molar-refractivity contribution < 1.29 is 22.3 Å². The Bertz CT molecular complexity index is 629. The maximum atomic E-state index is 11.2. The Hall–Kier alpha value is -1.66. The van der Waals surface area contributed by atoms with Gasteiger partial charge in [-0.1, -0.05) is 15.9 Å². The minimum absolute atomic E-state index is 0. The van der Waals surface area contributed by atoms with E-state index in [2.05, 4.69) is 31.2 Å². The van der Waals surface area contributed by atoms with Crippen molar-refractivity contribution in [3.8, 4) is 0 Å². The molecule has 0 spiro atoms. The van der Waals surface area contributed by atoms with E-state index in [1.54, 1.807) is 12.1 Å². The number of aryl methyl sites for hydroxylation is 2. The van der Waals surface area contributed by atoms with E-state index in [9.17, 15) is 9.90 Å². The zero-order chi connectivity index (χ0) is 14.0. The molecule has 2 N–H and O–H groups in total. The molecule has 0 unspecified atom stereocenters. The first-order valence-corrected chi connectivity index (χ1v) is 6.37. The van der Waals surface area contributed by atoms with Gasteiger partial charge < -0.3 is 22.8 Å². The summed E-state index contributed by atoms with van der Waals surface area (Å²) in [5.74, 6) is -0.615. The number of benzene rings is 1. The lowest BCUT2D eigenvalue weighted by atomic mass is 10.2. The Morgan fingerprint density at radius 3 is 2.35 bits per heavy atom. The first-order valence-electron chi connectivity index (χ1n) is 5.58. The molecule has 0 bridgehead atoms. The van der Waals surface area contributed by atoms with Crippen LogP contribution in [0, 0.1) is 13.8 Å². The van der Waals surface area contributed by atoms with E-state index < -0.39 is 5.97 Å². The smallest absolute Gasteiger partial charge is 0.337 e. The lowest BCUT2D eigenvalue weighted by Crippen LogP contribution is -3.00. The van der Waals surface area contributed by atoms with Gasteiger partial charge in [-0.05, 0) is 38.1 Å². The summed E-state index contributed by atoms with van der Waals surface area (Å²) >= 11 is 3.25. The molecule has 1 aromatic heterocycles. The van der Waals surface area contributed by atoms with E-state index in [1.807, 2.05) is 19.9 Å². The Morgan fingerprint density at radius 1 is 1.20 bits per heavy atom. The van der Waals surface area contributed by atoms with Crippen LogP contribution in [0.25, 0.3) is 0 Å². The highest BCUT2D eigenvalue weighted by Gasteiger charge is 2.12. The van der Waals surface area contributed by atoms with Crippen molar-refractivity contribution >= 4 is 33.5 Å². The molecular formula is C13H12BrClN3O2-. The van der Waals surface area contributed by atoms with Crippen LogP contribution >= 0.6 is 15.9 Å². The van der Waals surface area contributed by atoms with Gasteiger partial charge in [-0.2, -0.15) is 0 Å². The van der Waals surface area contributed by atoms with Gasteiger partial charge in [0.05, 0.1) is 11.3 Å². The summed E-state index contributed by atoms with van der Waals surface area (Å²) in [6.07, 6.45) is 0.